The van der Waals surface area contributed by atoms with Gasteiger partial charge in [-0.3, -0.25) is 29.5 Å². The van der Waals surface area contributed by atoms with Crippen LogP contribution in [0.4, 0.5) is 4.79 Å². The second kappa shape index (κ2) is 10.2. The summed E-state index contributed by atoms with van der Waals surface area (Å²) in [7, 11) is 0. The molecule has 0 spiro atoms. The molecule has 2 aromatic carbocycles. The Balaban J connectivity index is 1.65. The molecule has 1 saturated heterocycles. The van der Waals surface area contributed by atoms with E-state index in [0.717, 1.165) is 4.90 Å². The highest BCUT2D eigenvalue weighted by Crippen LogP contribution is 2.29. The first kappa shape index (κ1) is 25.1. The van der Waals surface area contributed by atoms with Gasteiger partial charge in [-0.2, -0.15) is 0 Å². The number of nitrogens with one attached hydrogen (secondary N) is 3. The van der Waals surface area contributed by atoms with Gasteiger partial charge in [0.15, 0.2) is 5.78 Å². The van der Waals surface area contributed by atoms with Crippen molar-refractivity contribution in [2.75, 3.05) is 6.54 Å². The van der Waals surface area contributed by atoms with Gasteiger partial charge in [-0.05, 0) is 18.1 Å². The average molecular weight is 479 g/mol. The van der Waals surface area contributed by atoms with Gasteiger partial charge in [0, 0.05) is 5.56 Å². The van der Waals surface area contributed by atoms with Crippen molar-refractivity contribution in [1.29, 1.82) is 5.41 Å². The van der Waals surface area contributed by atoms with E-state index in [2.05, 4.69) is 10.6 Å². The van der Waals surface area contributed by atoms with Gasteiger partial charge < -0.3 is 21.5 Å². The summed E-state index contributed by atoms with van der Waals surface area (Å²) in [6.07, 6.45) is -1.01. The fourth-order valence-electron chi connectivity index (χ4n) is 3.79. The number of carboxylic acid groups (broad SMARTS) is 1. The number of amidine groups is 1. The van der Waals surface area contributed by atoms with E-state index in [-0.39, 0.29) is 12.3 Å². The van der Waals surface area contributed by atoms with Crippen LogP contribution in [-0.2, 0) is 24.7 Å². The Labute approximate surface area is 200 Å². The van der Waals surface area contributed by atoms with Gasteiger partial charge in [-0.25, -0.2) is 4.79 Å². The maximum Gasteiger partial charge on any atom is 0.325 e. The lowest BCUT2D eigenvalue weighted by Crippen LogP contribution is -2.42. The normalized spacial score (nSPS) is 18.0. The summed E-state index contributed by atoms with van der Waals surface area (Å²) in [5.41, 5.74) is 5.46. The lowest BCUT2D eigenvalue weighted by Gasteiger charge is -2.22. The van der Waals surface area contributed by atoms with Gasteiger partial charge in [-0.15, -0.1) is 0 Å². The van der Waals surface area contributed by atoms with Crippen LogP contribution in [0.2, 0.25) is 0 Å². The third kappa shape index (κ3) is 5.69. The minimum absolute atomic E-state index is 0.146. The Kier molecular flexibility index (Phi) is 7.28. The molecule has 4 amide bonds. The minimum Gasteiger partial charge on any atom is -0.481 e. The van der Waals surface area contributed by atoms with Crippen LogP contribution in [-0.4, -0.2) is 52.0 Å². The number of imide groups is 1. The quantitative estimate of drug-likeness (QED) is 0.146. The summed E-state index contributed by atoms with van der Waals surface area (Å²) < 4.78 is 0. The molecule has 11 heteroatoms. The predicted octanol–water partition coefficient (Wildman–Crippen LogP) is 1.03. The fourth-order valence-corrected chi connectivity index (χ4v) is 3.79. The topological polar surface area (TPSA) is 183 Å². The highest BCUT2D eigenvalue weighted by molar-refractivity contribution is 6.10. The molecule has 182 valence electrons. The number of aliphatic carboxylic acids is 1. The predicted molar refractivity (Wildman–Crippen MR) is 124 cm³/mol. The summed E-state index contributed by atoms with van der Waals surface area (Å²) in [5, 5.41) is 21.7. The molecule has 0 bridgehead atoms. The average Bonchev–Trinajstić information content (AvgIpc) is 3.02. The number of urea groups is 1. The van der Waals surface area contributed by atoms with Gasteiger partial charge >= 0.3 is 12.0 Å². The van der Waals surface area contributed by atoms with E-state index in [0.29, 0.717) is 16.7 Å². The molecule has 0 aromatic heterocycles. The first-order valence-electron chi connectivity index (χ1n) is 10.7. The van der Waals surface area contributed by atoms with Crippen LogP contribution < -0.4 is 16.4 Å². The van der Waals surface area contributed by atoms with Gasteiger partial charge in [0.2, 0.25) is 5.91 Å². The number of amides is 4. The third-order valence-corrected chi connectivity index (χ3v) is 5.66. The summed E-state index contributed by atoms with van der Waals surface area (Å²) in [4.78, 5) is 62.4. The molecule has 1 heterocycles. The van der Waals surface area contributed by atoms with Crippen molar-refractivity contribution in [3.63, 3.8) is 0 Å². The number of benzene rings is 2. The molecular formula is C24H25N5O6. The number of hydrogen-bond acceptors (Lipinski definition) is 6. The zero-order valence-electron chi connectivity index (χ0n) is 18.9. The number of carbonyl (C=O) groups is 5. The smallest absolute Gasteiger partial charge is 0.325 e. The summed E-state index contributed by atoms with van der Waals surface area (Å²) >= 11 is 0. The van der Waals surface area contributed by atoms with Crippen LogP contribution >= 0.6 is 0 Å². The van der Waals surface area contributed by atoms with Crippen LogP contribution in [0.1, 0.15) is 42.5 Å². The molecular weight excluding hydrogens is 454 g/mol. The number of carboxylic acids is 1. The fraction of sp³-hybridized carbons (Fsp3) is 0.250. The van der Waals surface area contributed by atoms with E-state index in [1.54, 1.807) is 54.6 Å². The van der Waals surface area contributed by atoms with Gasteiger partial charge in [0.05, 0.1) is 25.4 Å². The highest BCUT2D eigenvalue weighted by atomic mass is 16.4. The van der Waals surface area contributed by atoms with Gasteiger partial charge in [0.25, 0.3) is 5.91 Å². The number of ketones is 1. The lowest BCUT2D eigenvalue weighted by molar-refractivity contribution is -0.138. The van der Waals surface area contributed by atoms with Crippen LogP contribution in [0.3, 0.4) is 0 Å². The maximum absolute atomic E-state index is 13.0. The summed E-state index contributed by atoms with van der Waals surface area (Å²) in [5.74, 6) is -3.35. The first-order valence-corrected chi connectivity index (χ1v) is 10.7. The molecule has 35 heavy (non-hydrogen) atoms. The highest BCUT2D eigenvalue weighted by Gasteiger charge is 2.49. The second-order valence-electron chi connectivity index (χ2n) is 8.28. The summed E-state index contributed by atoms with van der Waals surface area (Å²) in [6, 6.07) is 13.0. The molecule has 0 aliphatic carbocycles. The van der Waals surface area contributed by atoms with E-state index in [4.69, 9.17) is 16.2 Å². The maximum atomic E-state index is 13.0. The van der Waals surface area contributed by atoms with Crippen molar-refractivity contribution in [2.24, 2.45) is 5.73 Å². The standard InChI is InChI=1S/C24H25N5O6/c1-24(16-9-7-15(8-10-16)21(25)26)22(34)29(23(35)28-24)13-17(30)11-19(31)27-18(12-20(32)33)14-5-3-2-4-6-14/h2-10,18H,11-13H2,1H3,(H3,25,26)(H,27,31)(H,28,35)(H,32,33)/t18-,24?/m0/s1. The van der Waals surface area contributed by atoms with E-state index in [1.807, 2.05) is 0 Å². The van der Waals surface area contributed by atoms with Crippen molar-refractivity contribution in [1.82, 2.24) is 15.5 Å². The van der Waals surface area contributed by atoms with Gasteiger partial charge in [0.1, 0.15) is 11.4 Å². The van der Waals surface area contributed by atoms with E-state index < -0.39 is 54.1 Å². The molecule has 2 aromatic rings. The van der Waals surface area contributed by atoms with Crippen molar-refractivity contribution in [3.05, 3.63) is 71.3 Å². The Morgan fingerprint density at radius 1 is 1.11 bits per heavy atom. The zero-order valence-corrected chi connectivity index (χ0v) is 18.9. The number of Topliss-reactive ketones (excluding diaryl/α,β-unsaturated/α-hetero) is 1. The van der Waals surface area contributed by atoms with Crippen LogP contribution in [0.15, 0.2) is 54.6 Å². The van der Waals surface area contributed by atoms with Crippen molar-refractivity contribution < 1.29 is 29.1 Å². The lowest BCUT2D eigenvalue weighted by atomic mass is 9.91. The van der Waals surface area contributed by atoms with Crippen molar-refractivity contribution in [2.45, 2.75) is 31.3 Å². The number of nitrogens with two attached hydrogens (primary N) is 1. The van der Waals surface area contributed by atoms with E-state index >= 15 is 0 Å². The second-order valence-corrected chi connectivity index (χ2v) is 8.28. The number of nitrogens with zero attached hydrogens (tertiary/aromatic N) is 1. The molecule has 1 unspecified atom stereocenters. The molecule has 6 N–H and O–H groups in total. The van der Waals surface area contributed by atoms with Crippen molar-refractivity contribution in [3.8, 4) is 0 Å². The zero-order chi connectivity index (χ0) is 25.8. The number of rotatable bonds is 10. The summed E-state index contributed by atoms with van der Waals surface area (Å²) in [6.45, 7) is 0.873. The van der Waals surface area contributed by atoms with Gasteiger partial charge in [-0.1, -0.05) is 54.6 Å². The number of nitrogen functional groups attached to an aromatic ring is 1. The van der Waals surface area contributed by atoms with Crippen molar-refractivity contribution >= 4 is 35.4 Å². The van der Waals surface area contributed by atoms with Crippen LogP contribution in [0.25, 0.3) is 0 Å². The molecule has 3 rings (SSSR count). The van der Waals surface area contributed by atoms with Crippen LogP contribution in [0, 0.1) is 5.41 Å². The largest absolute Gasteiger partial charge is 0.481 e. The SMILES string of the molecule is CC1(c2ccc(C(=N)N)cc2)NC(=O)N(CC(=O)CC(=O)N[C@@H](CC(=O)O)c2ccccc2)C1=O. The molecule has 1 aliphatic rings. The molecule has 1 aliphatic heterocycles. The number of hydrogen-bond donors (Lipinski definition) is 5. The monoisotopic (exact) mass is 479 g/mol. The number of carbonyl (C=O) groups excluding carboxylic acids is 4. The third-order valence-electron chi connectivity index (χ3n) is 5.66. The molecule has 0 saturated carbocycles. The molecule has 0 radical (unpaired) electrons. The Morgan fingerprint density at radius 2 is 1.74 bits per heavy atom. The Bertz CT molecular complexity index is 1180. The van der Waals surface area contributed by atoms with Crippen LogP contribution in [0.5, 0.6) is 0 Å². The van der Waals surface area contributed by atoms with E-state index in [9.17, 15) is 24.0 Å². The molecule has 1 fully saturated rings. The first-order chi connectivity index (χ1) is 16.5. The molecule has 11 nitrogen and oxygen atoms in total. The Hall–Kier alpha value is -4.54. The molecule has 2 atom stereocenters. The minimum atomic E-state index is -1.44. The Morgan fingerprint density at radius 3 is 2.31 bits per heavy atom. The van der Waals surface area contributed by atoms with E-state index in [1.165, 1.54) is 6.92 Å².